The highest BCUT2D eigenvalue weighted by molar-refractivity contribution is 8.00. The molecule has 2 N–H and O–H groups in total. The molecule has 0 amide bonds. The predicted octanol–water partition coefficient (Wildman–Crippen LogP) is 1.81. The molecule has 16 heavy (non-hydrogen) atoms. The molecule has 0 aromatic heterocycles. The maximum atomic E-state index is 11.3. The van der Waals surface area contributed by atoms with E-state index in [1.165, 1.54) is 18.6 Å². The van der Waals surface area contributed by atoms with Crippen molar-refractivity contribution in [1.29, 1.82) is 0 Å². The molecule has 1 rings (SSSR count). The average Bonchev–Trinajstić information content (AvgIpc) is 2.66. The molecular weight excluding hydrogens is 242 g/mol. The van der Waals surface area contributed by atoms with Crippen LogP contribution in [0.5, 0.6) is 0 Å². The van der Waals surface area contributed by atoms with Crippen LogP contribution in [0.15, 0.2) is 0 Å². The summed E-state index contributed by atoms with van der Waals surface area (Å²) in [6.07, 6.45) is 3.93. The van der Waals surface area contributed by atoms with Crippen LogP contribution in [0, 0.1) is 0 Å². The van der Waals surface area contributed by atoms with E-state index >= 15 is 0 Å². The van der Waals surface area contributed by atoms with Crippen molar-refractivity contribution in [3.63, 3.8) is 0 Å². The van der Waals surface area contributed by atoms with Gasteiger partial charge in [-0.15, -0.1) is 0 Å². The highest BCUT2D eigenvalue weighted by atomic mass is 32.2. The SMILES string of the molecule is CCS(=O)(=O)CCCC(N)C1(C)CCCS1. The number of hydrogen-bond donors (Lipinski definition) is 1. The fraction of sp³-hybridized carbons (Fsp3) is 1.00. The van der Waals surface area contributed by atoms with Crippen molar-refractivity contribution in [2.75, 3.05) is 17.3 Å². The van der Waals surface area contributed by atoms with Gasteiger partial charge < -0.3 is 5.73 Å². The first-order chi connectivity index (χ1) is 7.40. The zero-order valence-corrected chi connectivity index (χ0v) is 11.9. The predicted molar refractivity (Wildman–Crippen MR) is 71.6 cm³/mol. The number of thioether (sulfide) groups is 1. The normalized spacial score (nSPS) is 28.2. The van der Waals surface area contributed by atoms with E-state index < -0.39 is 9.84 Å². The minimum atomic E-state index is -2.82. The van der Waals surface area contributed by atoms with Gasteiger partial charge in [-0.3, -0.25) is 0 Å². The van der Waals surface area contributed by atoms with Crippen molar-refractivity contribution in [2.24, 2.45) is 5.73 Å². The molecule has 0 bridgehead atoms. The van der Waals surface area contributed by atoms with E-state index in [1.807, 2.05) is 11.8 Å². The maximum absolute atomic E-state index is 11.3. The van der Waals surface area contributed by atoms with Gasteiger partial charge in [-0.25, -0.2) is 8.42 Å². The summed E-state index contributed by atoms with van der Waals surface area (Å²) in [6.45, 7) is 3.91. The molecule has 96 valence electrons. The lowest BCUT2D eigenvalue weighted by molar-refractivity contribution is 0.455. The summed E-state index contributed by atoms with van der Waals surface area (Å²) in [5.41, 5.74) is 6.17. The monoisotopic (exact) mass is 265 g/mol. The highest BCUT2D eigenvalue weighted by Gasteiger charge is 2.35. The Morgan fingerprint density at radius 1 is 1.50 bits per heavy atom. The van der Waals surface area contributed by atoms with Gasteiger partial charge in [-0.05, 0) is 38.4 Å². The Morgan fingerprint density at radius 2 is 2.19 bits per heavy atom. The Labute approximate surface area is 103 Å². The molecule has 2 unspecified atom stereocenters. The summed E-state index contributed by atoms with van der Waals surface area (Å²) >= 11 is 1.94. The summed E-state index contributed by atoms with van der Waals surface area (Å²) in [7, 11) is -2.82. The van der Waals surface area contributed by atoms with Crippen LogP contribution in [0.4, 0.5) is 0 Å². The summed E-state index contributed by atoms with van der Waals surface area (Å²) < 4.78 is 22.8. The first kappa shape index (κ1) is 14.3. The largest absolute Gasteiger partial charge is 0.326 e. The molecule has 5 heteroatoms. The zero-order chi connectivity index (χ0) is 12.2. The van der Waals surface area contributed by atoms with E-state index in [-0.39, 0.29) is 22.3 Å². The van der Waals surface area contributed by atoms with Crippen LogP contribution >= 0.6 is 11.8 Å². The van der Waals surface area contributed by atoms with Crippen LogP contribution in [0.25, 0.3) is 0 Å². The van der Waals surface area contributed by atoms with E-state index in [2.05, 4.69) is 6.92 Å². The van der Waals surface area contributed by atoms with Crippen LogP contribution in [-0.2, 0) is 9.84 Å². The van der Waals surface area contributed by atoms with Crippen molar-refractivity contribution in [1.82, 2.24) is 0 Å². The number of sulfone groups is 1. The van der Waals surface area contributed by atoms with Crippen molar-refractivity contribution < 1.29 is 8.42 Å². The summed E-state index contributed by atoms with van der Waals surface area (Å²) in [5, 5.41) is 0. The van der Waals surface area contributed by atoms with E-state index in [0.29, 0.717) is 6.42 Å². The van der Waals surface area contributed by atoms with Gasteiger partial charge in [-0.1, -0.05) is 6.92 Å². The lowest BCUT2D eigenvalue weighted by Crippen LogP contribution is -2.41. The molecule has 1 saturated heterocycles. The summed E-state index contributed by atoms with van der Waals surface area (Å²) in [6, 6.07) is 0.132. The quantitative estimate of drug-likeness (QED) is 0.796. The van der Waals surface area contributed by atoms with E-state index in [1.54, 1.807) is 6.92 Å². The Bertz CT molecular complexity index is 308. The molecule has 1 heterocycles. The zero-order valence-electron chi connectivity index (χ0n) is 10.2. The lowest BCUT2D eigenvalue weighted by atomic mass is 9.93. The molecule has 0 saturated carbocycles. The minimum Gasteiger partial charge on any atom is -0.326 e. The molecule has 1 aliphatic rings. The maximum Gasteiger partial charge on any atom is 0.150 e. The van der Waals surface area contributed by atoms with E-state index in [4.69, 9.17) is 5.73 Å². The van der Waals surface area contributed by atoms with Gasteiger partial charge in [0.15, 0.2) is 0 Å². The standard InChI is InChI=1S/C11H23NO2S2/c1-3-16(13,14)9-4-6-10(12)11(2)7-5-8-15-11/h10H,3-9,12H2,1-2H3. The molecule has 0 aromatic rings. The van der Waals surface area contributed by atoms with Gasteiger partial charge in [0.05, 0.1) is 5.75 Å². The fourth-order valence-electron chi connectivity index (χ4n) is 2.07. The number of nitrogens with two attached hydrogens (primary N) is 1. The number of rotatable bonds is 6. The Morgan fingerprint density at radius 3 is 2.69 bits per heavy atom. The lowest BCUT2D eigenvalue weighted by Gasteiger charge is -2.30. The average molecular weight is 265 g/mol. The molecular formula is C11H23NO2S2. The minimum absolute atomic E-state index is 0.132. The van der Waals surface area contributed by atoms with Crippen LogP contribution in [-0.4, -0.2) is 36.5 Å². The van der Waals surface area contributed by atoms with Gasteiger partial charge in [-0.2, -0.15) is 11.8 Å². The third kappa shape index (κ3) is 3.93. The van der Waals surface area contributed by atoms with Crippen LogP contribution in [0.3, 0.4) is 0 Å². The van der Waals surface area contributed by atoms with Crippen molar-refractivity contribution in [2.45, 2.75) is 50.3 Å². The second kappa shape index (κ2) is 5.74. The van der Waals surface area contributed by atoms with E-state index in [0.717, 1.165) is 6.42 Å². The van der Waals surface area contributed by atoms with Gasteiger partial charge in [0.1, 0.15) is 9.84 Å². The fourth-order valence-corrected chi connectivity index (χ4v) is 4.34. The first-order valence-electron chi connectivity index (χ1n) is 5.99. The third-order valence-corrected chi connectivity index (χ3v) is 6.89. The summed E-state index contributed by atoms with van der Waals surface area (Å²) in [4.78, 5) is 0. The topological polar surface area (TPSA) is 60.2 Å². The number of hydrogen-bond acceptors (Lipinski definition) is 4. The van der Waals surface area contributed by atoms with Crippen molar-refractivity contribution >= 4 is 21.6 Å². The van der Waals surface area contributed by atoms with E-state index in [9.17, 15) is 8.42 Å². The third-order valence-electron chi connectivity index (χ3n) is 3.44. The molecule has 0 aromatic carbocycles. The Balaban J connectivity index is 2.33. The molecule has 3 nitrogen and oxygen atoms in total. The molecule has 0 radical (unpaired) electrons. The van der Waals surface area contributed by atoms with Gasteiger partial charge in [0.25, 0.3) is 0 Å². The molecule has 2 atom stereocenters. The molecule has 0 spiro atoms. The van der Waals surface area contributed by atoms with Gasteiger partial charge >= 0.3 is 0 Å². The molecule has 1 fully saturated rings. The van der Waals surface area contributed by atoms with Crippen molar-refractivity contribution in [3.05, 3.63) is 0 Å². The first-order valence-corrected chi connectivity index (χ1v) is 8.80. The van der Waals surface area contributed by atoms with Crippen LogP contribution in [0.1, 0.15) is 39.5 Å². The Hall–Kier alpha value is 0.260. The molecule has 1 aliphatic heterocycles. The van der Waals surface area contributed by atoms with Crippen LogP contribution in [0.2, 0.25) is 0 Å². The highest BCUT2D eigenvalue weighted by Crippen LogP contribution is 2.40. The second-order valence-electron chi connectivity index (χ2n) is 4.75. The molecule has 0 aliphatic carbocycles. The van der Waals surface area contributed by atoms with Crippen LogP contribution < -0.4 is 5.73 Å². The summed E-state index contributed by atoms with van der Waals surface area (Å²) in [5.74, 6) is 1.73. The van der Waals surface area contributed by atoms with Gasteiger partial charge in [0, 0.05) is 16.5 Å². The van der Waals surface area contributed by atoms with Gasteiger partial charge in [0.2, 0.25) is 0 Å². The smallest absolute Gasteiger partial charge is 0.150 e. The Kier molecular flexibility index (Phi) is 5.13. The van der Waals surface area contributed by atoms with Crippen molar-refractivity contribution in [3.8, 4) is 0 Å². The second-order valence-corrected chi connectivity index (χ2v) is 8.85.